The van der Waals surface area contributed by atoms with Crippen molar-refractivity contribution in [2.45, 2.75) is 4.90 Å². The number of thioether (sulfide) groups is 1. The van der Waals surface area contributed by atoms with Crippen LogP contribution in [-0.4, -0.2) is 31.8 Å². The Labute approximate surface area is 154 Å². The van der Waals surface area contributed by atoms with Crippen molar-refractivity contribution in [1.29, 1.82) is 0 Å². The number of benzene rings is 2. The molecule has 6 nitrogen and oxygen atoms in total. The van der Waals surface area contributed by atoms with Gasteiger partial charge in [0.25, 0.3) is 5.91 Å². The minimum absolute atomic E-state index is 0.156. The van der Waals surface area contributed by atoms with Crippen molar-refractivity contribution in [3.05, 3.63) is 53.1 Å². The molecule has 0 bridgehead atoms. The minimum Gasteiger partial charge on any atom is -0.497 e. The number of carbonyl (C=O) groups excluding carboxylic acids is 2. The second kappa shape index (κ2) is 9.19. The number of hydrazine groups is 1. The van der Waals surface area contributed by atoms with Crippen LogP contribution in [0, 0.1) is 0 Å². The fraction of sp³-hybridized carbons (Fsp3) is 0.176. The quantitative estimate of drug-likeness (QED) is 0.595. The summed E-state index contributed by atoms with van der Waals surface area (Å²) in [5.41, 5.74) is 5.04. The third kappa shape index (κ3) is 5.88. The molecule has 0 radical (unpaired) electrons. The molecule has 25 heavy (non-hydrogen) atoms. The number of carbonyl (C=O) groups is 2. The van der Waals surface area contributed by atoms with Crippen molar-refractivity contribution in [3.8, 4) is 11.5 Å². The lowest BCUT2D eigenvalue weighted by Crippen LogP contribution is -2.42. The lowest BCUT2D eigenvalue weighted by molar-refractivity contribution is -0.119. The summed E-state index contributed by atoms with van der Waals surface area (Å²) in [7, 11) is 2.98. The highest BCUT2D eigenvalue weighted by atomic mass is 35.5. The van der Waals surface area contributed by atoms with Gasteiger partial charge in [-0.1, -0.05) is 11.6 Å². The maximum atomic E-state index is 12.1. The van der Waals surface area contributed by atoms with Gasteiger partial charge in [0.05, 0.1) is 20.0 Å². The van der Waals surface area contributed by atoms with Gasteiger partial charge in [-0.25, -0.2) is 0 Å². The zero-order chi connectivity index (χ0) is 18.2. The van der Waals surface area contributed by atoms with Gasteiger partial charge in [0, 0.05) is 21.5 Å². The average Bonchev–Trinajstić information content (AvgIpc) is 2.65. The Kier molecular flexibility index (Phi) is 6.97. The van der Waals surface area contributed by atoms with Crippen LogP contribution in [0.15, 0.2) is 47.4 Å². The molecule has 0 heterocycles. The molecule has 2 aromatic carbocycles. The standard InChI is InChI=1S/C17H17ClN2O4S/c1-23-13-7-11(8-14(9-13)24-2)17(22)20-19-16(21)10-25-15-5-3-12(18)4-6-15/h3-9H,10H2,1-2H3,(H,19,21)(H,20,22). The number of halogens is 1. The second-order valence-electron chi connectivity index (χ2n) is 4.85. The van der Waals surface area contributed by atoms with E-state index in [9.17, 15) is 9.59 Å². The number of methoxy groups -OCH3 is 2. The summed E-state index contributed by atoms with van der Waals surface area (Å²) in [6.45, 7) is 0. The SMILES string of the molecule is COc1cc(OC)cc(C(=O)NNC(=O)CSc2ccc(Cl)cc2)c1. The number of hydrogen-bond donors (Lipinski definition) is 2. The Morgan fingerprint density at radius 1 is 1.00 bits per heavy atom. The second-order valence-corrected chi connectivity index (χ2v) is 6.33. The van der Waals surface area contributed by atoms with Gasteiger partial charge in [0.2, 0.25) is 5.91 Å². The zero-order valence-corrected chi connectivity index (χ0v) is 15.2. The van der Waals surface area contributed by atoms with E-state index in [4.69, 9.17) is 21.1 Å². The van der Waals surface area contributed by atoms with Gasteiger partial charge in [-0.3, -0.25) is 20.4 Å². The number of nitrogens with one attached hydrogen (secondary N) is 2. The molecule has 0 aliphatic heterocycles. The van der Waals surface area contributed by atoms with Gasteiger partial charge < -0.3 is 9.47 Å². The first-order chi connectivity index (χ1) is 12.0. The summed E-state index contributed by atoms with van der Waals surface area (Å²) < 4.78 is 10.2. The molecule has 0 aliphatic rings. The van der Waals surface area contributed by atoms with Crippen LogP contribution < -0.4 is 20.3 Å². The predicted octanol–water partition coefficient (Wildman–Crippen LogP) is 2.91. The maximum Gasteiger partial charge on any atom is 0.269 e. The van der Waals surface area contributed by atoms with Crippen LogP contribution in [0.4, 0.5) is 0 Å². The van der Waals surface area contributed by atoms with Gasteiger partial charge in [0.1, 0.15) is 11.5 Å². The van der Waals surface area contributed by atoms with Crippen LogP contribution in [0.1, 0.15) is 10.4 Å². The molecule has 0 aromatic heterocycles. The summed E-state index contributed by atoms with van der Waals surface area (Å²) in [5.74, 6) is 0.317. The minimum atomic E-state index is -0.470. The molecule has 2 rings (SSSR count). The van der Waals surface area contributed by atoms with E-state index in [1.54, 1.807) is 30.3 Å². The van der Waals surface area contributed by atoms with Crippen LogP contribution in [0.3, 0.4) is 0 Å². The van der Waals surface area contributed by atoms with E-state index < -0.39 is 5.91 Å². The van der Waals surface area contributed by atoms with Crippen LogP contribution in [0.2, 0.25) is 5.02 Å². The van der Waals surface area contributed by atoms with Gasteiger partial charge in [-0.15, -0.1) is 11.8 Å². The predicted molar refractivity (Wildman–Crippen MR) is 97.3 cm³/mol. The van der Waals surface area contributed by atoms with Crippen molar-refractivity contribution in [2.24, 2.45) is 0 Å². The van der Waals surface area contributed by atoms with Gasteiger partial charge in [-0.2, -0.15) is 0 Å². The molecule has 2 N–H and O–H groups in total. The molecule has 0 aliphatic carbocycles. The van der Waals surface area contributed by atoms with E-state index in [1.165, 1.54) is 26.0 Å². The summed E-state index contributed by atoms with van der Waals surface area (Å²) in [6.07, 6.45) is 0. The lowest BCUT2D eigenvalue weighted by atomic mass is 10.2. The summed E-state index contributed by atoms with van der Waals surface area (Å²) in [4.78, 5) is 24.9. The topological polar surface area (TPSA) is 76.7 Å². The molecule has 2 amide bonds. The first-order valence-corrected chi connectivity index (χ1v) is 8.59. The largest absolute Gasteiger partial charge is 0.497 e. The van der Waals surface area contributed by atoms with Crippen molar-refractivity contribution < 1.29 is 19.1 Å². The highest BCUT2D eigenvalue weighted by molar-refractivity contribution is 8.00. The van der Waals surface area contributed by atoms with Crippen LogP contribution in [0.5, 0.6) is 11.5 Å². The highest BCUT2D eigenvalue weighted by Gasteiger charge is 2.11. The third-order valence-electron chi connectivity index (χ3n) is 3.11. The van der Waals surface area contributed by atoms with Crippen molar-refractivity contribution >= 4 is 35.2 Å². The van der Waals surface area contributed by atoms with Gasteiger partial charge in [-0.05, 0) is 36.4 Å². The number of ether oxygens (including phenoxy) is 2. The van der Waals surface area contributed by atoms with E-state index >= 15 is 0 Å². The van der Waals surface area contributed by atoms with E-state index in [0.29, 0.717) is 22.1 Å². The van der Waals surface area contributed by atoms with E-state index in [0.717, 1.165) is 4.90 Å². The van der Waals surface area contributed by atoms with Gasteiger partial charge >= 0.3 is 0 Å². The van der Waals surface area contributed by atoms with Crippen LogP contribution in [-0.2, 0) is 4.79 Å². The van der Waals surface area contributed by atoms with Crippen molar-refractivity contribution in [1.82, 2.24) is 10.9 Å². The molecule has 0 unspecified atom stereocenters. The molecule has 2 aromatic rings. The van der Waals surface area contributed by atoms with E-state index in [1.807, 2.05) is 12.1 Å². The average molecular weight is 381 g/mol. The summed E-state index contributed by atoms with van der Waals surface area (Å²) in [6, 6.07) is 11.9. The highest BCUT2D eigenvalue weighted by Crippen LogP contribution is 2.22. The van der Waals surface area contributed by atoms with Crippen LogP contribution >= 0.6 is 23.4 Å². The Balaban J connectivity index is 1.86. The first kappa shape index (κ1) is 19.0. The van der Waals surface area contributed by atoms with E-state index in [-0.39, 0.29) is 11.7 Å². The molecule has 0 spiro atoms. The Bertz CT molecular complexity index is 731. The van der Waals surface area contributed by atoms with Crippen molar-refractivity contribution in [3.63, 3.8) is 0 Å². The molecule has 132 valence electrons. The maximum absolute atomic E-state index is 12.1. The van der Waals surface area contributed by atoms with E-state index in [2.05, 4.69) is 10.9 Å². The molecule has 0 fully saturated rings. The Hall–Kier alpha value is -2.38. The summed E-state index contributed by atoms with van der Waals surface area (Å²) >= 11 is 7.14. The lowest BCUT2D eigenvalue weighted by Gasteiger charge is -2.10. The number of amides is 2. The fourth-order valence-electron chi connectivity index (χ4n) is 1.85. The summed E-state index contributed by atoms with van der Waals surface area (Å²) in [5, 5.41) is 0.634. The van der Waals surface area contributed by atoms with Crippen LogP contribution in [0.25, 0.3) is 0 Å². The fourth-order valence-corrected chi connectivity index (χ4v) is 2.68. The third-order valence-corrected chi connectivity index (χ3v) is 4.38. The van der Waals surface area contributed by atoms with Gasteiger partial charge in [0.15, 0.2) is 0 Å². The molecule has 0 saturated carbocycles. The molecule has 0 atom stereocenters. The number of hydrogen-bond acceptors (Lipinski definition) is 5. The number of rotatable bonds is 6. The molecule has 0 saturated heterocycles. The zero-order valence-electron chi connectivity index (χ0n) is 13.7. The Morgan fingerprint density at radius 3 is 2.16 bits per heavy atom. The molecular weight excluding hydrogens is 364 g/mol. The Morgan fingerprint density at radius 2 is 1.60 bits per heavy atom. The monoisotopic (exact) mass is 380 g/mol. The molecular formula is C17H17ClN2O4S. The first-order valence-electron chi connectivity index (χ1n) is 7.22. The smallest absolute Gasteiger partial charge is 0.269 e. The normalized spacial score (nSPS) is 10.0. The van der Waals surface area contributed by atoms with Crippen molar-refractivity contribution in [2.75, 3.05) is 20.0 Å². The molecule has 8 heteroatoms.